The summed E-state index contributed by atoms with van der Waals surface area (Å²) in [5.74, 6) is -0.206. The SMILES string of the molecule is C=CC(=O)Nc1ccc(-c2ccn(CCCCC)n2)cc1. The van der Waals surface area contributed by atoms with Gasteiger partial charge in [0.25, 0.3) is 0 Å². The molecule has 0 spiro atoms. The molecule has 0 radical (unpaired) electrons. The van der Waals surface area contributed by atoms with Crippen LogP contribution in [0.1, 0.15) is 26.2 Å². The maximum absolute atomic E-state index is 11.2. The van der Waals surface area contributed by atoms with Crippen molar-refractivity contribution in [2.24, 2.45) is 0 Å². The number of aromatic nitrogens is 2. The highest BCUT2D eigenvalue weighted by molar-refractivity contribution is 5.98. The van der Waals surface area contributed by atoms with Crippen molar-refractivity contribution in [3.8, 4) is 11.3 Å². The van der Waals surface area contributed by atoms with E-state index in [9.17, 15) is 4.79 Å². The Labute approximate surface area is 125 Å². The molecule has 1 aromatic carbocycles. The second-order valence-electron chi connectivity index (χ2n) is 4.94. The first-order valence-electron chi connectivity index (χ1n) is 7.30. The van der Waals surface area contributed by atoms with Gasteiger partial charge in [-0.15, -0.1) is 0 Å². The van der Waals surface area contributed by atoms with Gasteiger partial charge in [-0.1, -0.05) is 38.5 Å². The number of hydrogen-bond acceptors (Lipinski definition) is 2. The van der Waals surface area contributed by atoms with Gasteiger partial charge < -0.3 is 5.32 Å². The van der Waals surface area contributed by atoms with Crippen LogP contribution in [0.5, 0.6) is 0 Å². The standard InChI is InChI=1S/C17H21N3O/c1-3-5-6-12-20-13-11-16(19-20)14-7-9-15(10-8-14)18-17(21)4-2/h4,7-11,13H,2-3,5-6,12H2,1H3,(H,18,21). The number of anilines is 1. The summed E-state index contributed by atoms with van der Waals surface area (Å²) in [4.78, 5) is 11.2. The lowest BCUT2D eigenvalue weighted by Gasteiger charge is -2.03. The molecule has 4 heteroatoms. The van der Waals surface area contributed by atoms with Crippen LogP contribution in [0.4, 0.5) is 5.69 Å². The van der Waals surface area contributed by atoms with E-state index < -0.39 is 0 Å². The number of hydrogen-bond donors (Lipinski definition) is 1. The third kappa shape index (κ3) is 4.31. The van der Waals surface area contributed by atoms with Crippen LogP contribution in [0.3, 0.4) is 0 Å². The first kappa shape index (κ1) is 15.0. The molecule has 0 aliphatic heterocycles. The highest BCUT2D eigenvalue weighted by Crippen LogP contribution is 2.19. The van der Waals surface area contributed by atoms with Crippen molar-refractivity contribution >= 4 is 11.6 Å². The van der Waals surface area contributed by atoms with E-state index in [0.29, 0.717) is 0 Å². The molecule has 0 aliphatic rings. The average molecular weight is 283 g/mol. The van der Waals surface area contributed by atoms with Gasteiger partial charge in [0, 0.05) is 24.0 Å². The van der Waals surface area contributed by atoms with Crippen LogP contribution in [-0.4, -0.2) is 15.7 Å². The number of carbonyl (C=O) groups is 1. The molecule has 0 atom stereocenters. The Morgan fingerprint density at radius 3 is 2.71 bits per heavy atom. The van der Waals surface area contributed by atoms with Crippen molar-refractivity contribution in [1.29, 1.82) is 0 Å². The smallest absolute Gasteiger partial charge is 0.247 e. The summed E-state index contributed by atoms with van der Waals surface area (Å²) in [7, 11) is 0. The lowest BCUT2D eigenvalue weighted by Crippen LogP contribution is -2.06. The summed E-state index contributed by atoms with van der Waals surface area (Å²) in [5.41, 5.74) is 2.75. The minimum absolute atomic E-state index is 0.206. The zero-order chi connectivity index (χ0) is 15.1. The van der Waals surface area contributed by atoms with Crippen LogP contribution in [-0.2, 0) is 11.3 Å². The molecule has 0 saturated heterocycles. The third-order valence-electron chi connectivity index (χ3n) is 3.27. The van der Waals surface area contributed by atoms with E-state index in [-0.39, 0.29) is 5.91 Å². The molecule has 110 valence electrons. The molecule has 1 heterocycles. The number of carbonyl (C=O) groups excluding carboxylic acids is 1. The van der Waals surface area contributed by atoms with E-state index in [2.05, 4.69) is 23.9 Å². The number of benzene rings is 1. The minimum atomic E-state index is -0.206. The van der Waals surface area contributed by atoms with Gasteiger partial charge in [0.05, 0.1) is 5.69 Å². The van der Waals surface area contributed by atoms with Gasteiger partial charge in [0.1, 0.15) is 0 Å². The first-order chi connectivity index (χ1) is 10.2. The quantitative estimate of drug-likeness (QED) is 0.619. The van der Waals surface area contributed by atoms with Gasteiger partial charge in [0.2, 0.25) is 5.91 Å². The first-order valence-corrected chi connectivity index (χ1v) is 7.30. The van der Waals surface area contributed by atoms with Gasteiger partial charge in [-0.2, -0.15) is 5.10 Å². The monoisotopic (exact) mass is 283 g/mol. The predicted molar refractivity (Wildman–Crippen MR) is 86.0 cm³/mol. The number of nitrogens with one attached hydrogen (secondary N) is 1. The highest BCUT2D eigenvalue weighted by Gasteiger charge is 2.03. The number of amides is 1. The van der Waals surface area contributed by atoms with Crippen LogP contribution in [0, 0.1) is 0 Å². The minimum Gasteiger partial charge on any atom is -0.323 e. The molecule has 0 unspecified atom stereocenters. The predicted octanol–water partition coefficient (Wildman–Crippen LogP) is 3.86. The molecule has 1 aromatic heterocycles. The fourth-order valence-electron chi connectivity index (χ4n) is 2.08. The fraction of sp³-hybridized carbons (Fsp3) is 0.294. The Bertz CT molecular complexity index is 599. The third-order valence-corrected chi connectivity index (χ3v) is 3.27. The van der Waals surface area contributed by atoms with E-state index in [0.717, 1.165) is 29.9 Å². The Balaban J connectivity index is 2.01. The number of aryl methyl sites for hydroxylation is 1. The summed E-state index contributed by atoms with van der Waals surface area (Å²) in [5, 5.41) is 7.30. The lowest BCUT2D eigenvalue weighted by atomic mass is 10.1. The highest BCUT2D eigenvalue weighted by atomic mass is 16.1. The summed E-state index contributed by atoms with van der Waals surface area (Å²) in [6, 6.07) is 9.66. The Hall–Kier alpha value is -2.36. The van der Waals surface area contributed by atoms with Crippen LogP contribution < -0.4 is 5.32 Å². The summed E-state index contributed by atoms with van der Waals surface area (Å²) < 4.78 is 1.98. The maximum Gasteiger partial charge on any atom is 0.247 e. The van der Waals surface area contributed by atoms with Crippen LogP contribution >= 0.6 is 0 Å². The summed E-state index contributed by atoms with van der Waals surface area (Å²) in [6.45, 7) is 6.59. The van der Waals surface area contributed by atoms with Crippen molar-refractivity contribution in [2.45, 2.75) is 32.7 Å². The molecule has 1 amide bonds. The molecule has 4 nitrogen and oxygen atoms in total. The molecule has 2 aromatic rings. The van der Waals surface area contributed by atoms with Crippen molar-refractivity contribution in [3.63, 3.8) is 0 Å². The summed E-state index contributed by atoms with van der Waals surface area (Å²) >= 11 is 0. The van der Waals surface area contributed by atoms with Crippen molar-refractivity contribution in [1.82, 2.24) is 9.78 Å². The average Bonchev–Trinajstić information content (AvgIpc) is 2.97. The van der Waals surface area contributed by atoms with Crippen LogP contribution in [0.25, 0.3) is 11.3 Å². The van der Waals surface area contributed by atoms with Gasteiger partial charge >= 0.3 is 0 Å². The van der Waals surface area contributed by atoms with E-state index >= 15 is 0 Å². The molecule has 2 rings (SSSR count). The van der Waals surface area contributed by atoms with Crippen molar-refractivity contribution < 1.29 is 4.79 Å². The molecule has 1 N–H and O–H groups in total. The maximum atomic E-state index is 11.2. The Kier molecular flexibility index (Phi) is 5.32. The number of unbranched alkanes of at least 4 members (excludes halogenated alkanes) is 2. The molecular formula is C17H21N3O. The van der Waals surface area contributed by atoms with Crippen molar-refractivity contribution in [2.75, 3.05) is 5.32 Å². The Morgan fingerprint density at radius 1 is 1.29 bits per heavy atom. The largest absolute Gasteiger partial charge is 0.323 e. The van der Waals surface area contributed by atoms with E-state index in [1.54, 1.807) is 0 Å². The normalized spacial score (nSPS) is 10.3. The zero-order valence-corrected chi connectivity index (χ0v) is 12.4. The fourth-order valence-corrected chi connectivity index (χ4v) is 2.08. The Morgan fingerprint density at radius 2 is 2.05 bits per heavy atom. The van der Waals surface area contributed by atoms with Crippen LogP contribution in [0.2, 0.25) is 0 Å². The molecular weight excluding hydrogens is 262 g/mol. The molecule has 0 aliphatic carbocycles. The number of nitrogens with zero attached hydrogens (tertiary/aromatic N) is 2. The van der Waals surface area contributed by atoms with E-state index in [1.165, 1.54) is 18.9 Å². The second-order valence-corrected chi connectivity index (χ2v) is 4.94. The van der Waals surface area contributed by atoms with Gasteiger partial charge in [-0.25, -0.2) is 0 Å². The molecule has 0 saturated carbocycles. The van der Waals surface area contributed by atoms with Crippen LogP contribution in [0.15, 0.2) is 49.2 Å². The zero-order valence-electron chi connectivity index (χ0n) is 12.4. The van der Waals surface area contributed by atoms with Crippen molar-refractivity contribution in [3.05, 3.63) is 49.2 Å². The van der Waals surface area contributed by atoms with E-state index in [4.69, 9.17) is 0 Å². The lowest BCUT2D eigenvalue weighted by molar-refractivity contribution is -0.111. The molecule has 0 bridgehead atoms. The van der Waals surface area contributed by atoms with Gasteiger partial charge in [0.15, 0.2) is 0 Å². The summed E-state index contributed by atoms with van der Waals surface area (Å²) in [6.07, 6.45) is 6.87. The van der Waals surface area contributed by atoms with Gasteiger partial charge in [-0.3, -0.25) is 9.48 Å². The van der Waals surface area contributed by atoms with Gasteiger partial charge in [-0.05, 0) is 30.7 Å². The molecule has 0 fully saturated rings. The molecule has 21 heavy (non-hydrogen) atoms. The number of rotatable bonds is 7. The van der Waals surface area contributed by atoms with E-state index in [1.807, 2.05) is 41.2 Å². The second kappa shape index (κ2) is 7.43. The topological polar surface area (TPSA) is 46.9 Å².